The summed E-state index contributed by atoms with van der Waals surface area (Å²) in [4.78, 5) is 2.36. The standard InChI is InChI=1S/C20H20BN3O2/c1-25-17-9-12-8-15-19(14(12)10-18(17)26-2)22-23-20(15)24-6-5-11-7-13(21)3-4-16(11)24/h3-4,7,9-10H,5-6,8,21H2,1-2H3,(H,22,23). The molecular weight excluding hydrogens is 325 g/mol. The Hall–Kier alpha value is -2.89. The minimum Gasteiger partial charge on any atom is -0.493 e. The number of nitrogens with zero attached hydrogens (tertiary/aromatic N) is 2. The number of ether oxygens (including phenoxy) is 2. The van der Waals surface area contributed by atoms with Crippen molar-refractivity contribution in [2.75, 3.05) is 25.7 Å². The van der Waals surface area contributed by atoms with Crippen molar-refractivity contribution in [2.45, 2.75) is 12.8 Å². The van der Waals surface area contributed by atoms with Crippen molar-refractivity contribution in [3.63, 3.8) is 0 Å². The molecule has 0 spiro atoms. The van der Waals surface area contributed by atoms with E-state index in [1.165, 1.54) is 27.8 Å². The molecule has 0 radical (unpaired) electrons. The van der Waals surface area contributed by atoms with Crippen molar-refractivity contribution in [1.82, 2.24) is 10.2 Å². The second-order valence-electron chi connectivity index (χ2n) is 6.97. The Bertz CT molecular complexity index is 1030. The minimum atomic E-state index is 0.741. The lowest BCUT2D eigenvalue weighted by Gasteiger charge is -2.19. The highest BCUT2D eigenvalue weighted by Crippen LogP contribution is 2.46. The van der Waals surface area contributed by atoms with Crippen LogP contribution in [-0.2, 0) is 12.8 Å². The van der Waals surface area contributed by atoms with Gasteiger partial charge in [-0.25, -0.2) is 0 Å². The van der Waals surface area contributed by atoms with Gasteiger partial charge in [-0.1, -0.05) is 17.6 Å². The number of aromatic amines is 1. The van der Waals surface area contributed by atoms with Crippen LogP contribution in [0.15, 0.2) is 30.3 Å². The molecule has 0 atom stereocenters. The average molecular weight is 345 g/mol. The summed E-state index contributed by atoms with van der Waals surface area (Å²) in [5, 5.41) is 7.93. The Morgan fingerprint density at radius 2 is 1.88 bits per heavy atom. The second-order valence-corrected chi connectivity index (χ2v) is 6.97. The van der Waals surface area contributed by atoms with E-state index in [1.807, 2.05) is 6.07 Å². The number of hydrogen-bond donors (Lipinski definition) is 1. The Kier molecular flexibility index (Phi) is 3.29. The van der Waals surface area contributed by atoms with Gasteiger partial charge < -0.3 is 14.4 Å². The molecule has 26 heavy (non-hydrogen) atoms. The maximum Gasteiger partial charge on any atom is 0.161 e. The van der Waals surface area contributed by atoms with Crippen molar-refractivity contribution >= 4 is 24.8 Å². The van der Waals surface area contributed by atoms with Crippen LogP contribution < -0.4 is 19.8 Å². The van der Waals surface area contributed by atoms with Gasteiger partial charge in [-0.2, -0.15) is 5.10 Å². The molecule has 1 aliphatic carbocycles. The highest BCUT2D eigenvalue weighted by Gasteiger charge is 2.31. The zero-order valence-electron chi connectivity index (χ0n) is 15.2. The molecular formula is C20H20BN3O2. The van der Waals surface area contributed by atoms with Gasteiger partial charge in [0.05, 0.1) is 19.9 Å². The molecule has 0 bridgehead atoms. The van der Waals surface area contributed by atoms with Gasteiger partial charge >= 0.3 is 0 Å². The zero-order valence-corrected chi connectivity index (χ0v) is 15.2. The van der Waals surface area contributed by atoms with E-state index in [2.05, 4.69) is 47.2 Å². The van der Waals surface area contributed by atoms with E-state index in [-0.39, 0.29) is 0 Å². The van der Waals surface area contributed by atoms with Crippen LogP contribution in [0.1, 0.15) is 16.7 Å². The molecule has 6 heteroatoms. The molecule has 0 fully saturated rings. The van der Waals surface area contributed by atoms with E-state index >= 15 is 0 Å². The van der Waals surface area contributed by atoms with Crippen LogP contribution in [0.5, 0.6) is 11.5 Å². The Labute approximate surface area is 153 Å². The third-order valence-corrected chi connectivity index (χ3v) is 5.48. The zero-order chi connectivity index (χ0) is 17.8. The molecule has 3 aromatic rings. The first-order valence-electron chi connectivity index (χ1n) is 8.89. The first-order valence-corrected chi connectivity index (χ1v) is 8.89. The van der Waals surface area contributed by atoms with Gasteiger partial charge in [0.2, 0.25) is 0 Å². The van der Waals surface area contributed by atoms with Crippen LogP contribution in [0.3, 0.4) is 0 Å². The van der Waals surface area contributed by atoms with E-state index in [4.69, 9.17) is 9.47 Å². The molecule has 1 aromatic heterocycles. The van der Waals surface area contributed by atoms with Gasteiger partial charge in [0.15, 0.2) is 11.5 Å². The quantitative estimate of drug-likeness (QED) is 0.577. The molecule has 0 saturated carbocycles. The number of benzene rings is 2. The summed E-state index contributed by atoms with van der Waals surface area (Å²) >= 11 is 0. The molecule has 1 N–H and O–H groups in total. The summed E-state index contributed by atoms with van der Waals surface area (Å²) in [5.74, 6) is 2.62. The van der Waals surface area contributed by atoms with E-state index in [0.717, 1.165) is 48.0 Å². The van der Waals surface area contributed by atoms with Crippen molar-refractivity contribution in [2.24, 2.45) is 0 Å². The van der Waals surface area contributed by atoms with Gasteiger partial charge in [-0.15, -0.1) is 0 Å². The predicted octanol–water partition coefficient (Wildman–Crippen LogP) is 1.95. The lowest BCUT2D eigenvalue weighted by molar-refractivity contribution is 0.355. The van der Waals surface area contributed by atoms with Crippen LogP contribution in [-0.4, -0.2) is 38.8 Å². The molecule has 5 nitrogen and oxygen atoms in total. The fraction of sp³-hybridized carbons (Fsp3) is 0.250. The van der Waals surface area contributed by atoms with Crippen molar-refractivity contribution in [3.8, 4) is 22.8 Å². The van der Waals surface area contributed by atoms with E-state index in [1.54, 1.807) is 14.2 Å². The fourth-order valence-corrected chi connectivity index (χ4v) is 4.21. The molecule has 1 aliphatic heterocycles. The van der Waals surface area contributed by atoms with Gasteiger partial charge in [0.1, 0.15) is 13.7 Å². The predicted molar refractivity (Wildman–Crippen MR) is 105 cm³/mol. The first-order chi connectivity index (χ1) is 12.7. The normalized spacial score (nSPS) is 14.2. The molecule has 0 saturated heterocycles. The van der Waals surface area contributed by atoms with Gasteiger partial charge in [0.25, 0.3) is 0 Å². The maximum atomic E-state index is 5.47. The number of H-pyrrole nitrogens is 1. The summed E-state index contributed by atoms with van der Waals surface area (Å²) in [5.41, 5.74) is 8.65. The number of rotatable bonds is 3. The summed E-state index contributed by atoms with van der Waals surface area (Å²) < 4.78 is 10.9. The lowest BCUT2D eigenvalue weighted by Crippen LogP contribution is -2.15. The maximum absolute atomic E-state index is 5.47. The van der Waals surface area contributed by atoms with Crippen molar-refractivity contribution < 1.29 is 9.47 Å². The van der Waals surface area contributed by atoms with Crippen LogP contribution in [0.25, 0.3) is 11.3 Å². The van der Waals surface area contributed by atoms with E-state index < -0.39 is 0 Å². The summed E-state index contributed by atoms with van der Waals surface area (Å²) in [6, 6.07) is 10.8. The highest BCUT2D eigenvalue weighted by molar-refractivity contribution is 6.32. The summed E-state index contributed by atoms with van der Waals surface area (Å²) in [7, 11) is 5.49. The monoisotopic (exact) mass is 345 g/mol. The molecule has 0 amide bonds. The number of nitrogens with one attached hydrogen (secondary N) is 1. The van der Waals surface area contributed by atoms with Crippen LogP contribution in [0, 0.1) is 0 Å². The van der Waals surface area contributed by atoms with Gasteiger partial charge in [-0.05, 0) is 35.7 Å². The topological polar surface area (TPSA) is 50.4 Å². The third kappa shape index (κ3) is 2.08. The summed E-state index contributed by atoms with van der Waals surface area (Å²) in [6.07, 6.45) is 1.92. The van der Waals surface area contributed by atoms with Gasteiger partial charge in [0, 0.05) is 29.8 Å². The molecule has 2 aliphatic rings. The van der Waals surface area contributed by atoms with Crippen molar-refractivity contribution in [1.29, 1.82) is 0 Å². The lowest BCUT2D eigenvalue weighted by atomic mass is 9.93. The Balaban J connectivity index is 1.58. The molecule has 2 heterocycles. The highest BCUT2D eigenvalue weighted by atomic mass is 16.5. The SMILES string of the molecule is Bc1ccc2c(c1)CCN2c1[nH]nc2c1Cc1cc(OC)c(OC)cc1-2. The number of anilines is 2. The fourth-order valence-electron chi connectivity index (χ4n) is 4.21. The Morgan fingerprint density at radius 3 is 2.69 bits per heavy atom. The smallest absolute Gasteiger partial charge is 0.161 e. The summed E-state index contributed by atoms with van der Waals surface area (Å²) in [6.45, 7) is 0.983. The van der Waals surface area contributed by atoms with Crippen LogP contribution in [0.2, 0.25) is 0 Å². The molecule has 0 unspecified atom stereocenters. The van der Waals surface area contributed by atoms with Crippen molar-refractivity contribution in [3.05, 3.63) is 47.0 Å². The average Bonchev–Trinajstić information content (AvgIpc) is 3.32. The van der Waals surface area contributed by atoms with Crippen LogP contribution >= 0.6 is 0 Å². The number of aromatic nitrogens is 2. The number of fused-ring (bicyclic) bond motifs is 4. The molecule has 5 rings (SSSR count). The number of methoxy groups -OCH3 is 2. The van der Waals surface area contributed by atoms with Gasteiger partial charge in [-0.3, -0.25) is 5.10 Å². The Morgan fingerprint density at radius 1 is 1.08 bits per heavy atom. The molecule has 2 aromatic carbocycles. The van der Waals surface area contributed by atoms with E-state index in [0.29, 0.717) is 0 Å². The minimum absolute atomic E-state index is 0.741. The number of hydrogen-bond acceptors (Lipinski definition) is 4. The second kappa shape index (κ2) is 5.56. The largest absolute Gasteiger partial charge is 0.493 e. The molecule has 130 valence electrons. The third-order valence-electron chi connectivity index (χ3n) is 5.48. The van der Waals surface area contributed by atoms with Crippen LogP contribution in [0.4, 0.5) is 11.5 Å². The first kappa shape index (κ1) is 15.4. The van der Waals surface area contributed by atoms with E-state index in [9.17, 15) is 0 Å².